The molecule has 3 fully saturated rings. The summed E-state index contributed by atoms with van der Waals surface area (Å²) in [7, 11) is 1.76. The molecule has 5 heteroatoms. The van der Waals surface area contributed by atoms with Crippen molar-refractivity contribution in [2.24, 2.45) is 5.92 Å². The van der Waals surface area contributed by atoms with Crippen molar-refractivity contribution in [1.82, 2.24) is 4.90 Å². The van der Waals surface area contributed by atoms with Gasteiger partial charge in [-0.3, -0.25) is 4.79 Å². The van der Waals surface area contributed by atoms with Crippen molar-refractivity contribution >= 4 is 11.6 Å². The first-order valence-corrected chi connectivity index (χ1v) is 9.49. The Bertz CT molecular complexity index is 636. The lowest BCUT2D eigenvalue weighted by molar-refractivity contribution is -0.139. The summed E-state index contributed by atoms with van der Waals surface area (Å²) in [5.41, 5.74) is 0.818. The van der Waals surface area contributed by atoms with Gasteiger partial charge in [0.25, 0.3) is 0 Å². The maximum absolute atomic E-state index is 13.7. The van der Waals surface area contributed by atoms with Gasteiger partial charge < -0.3 is 14.5 Å². The van der Waals surface area contributed by atoms with Gasteiger partial charge in [-0.2, -0.15) is 0 Å². The van der Waals surface area contributed by atoms with E-state index < -0.39 is 0 Å². The minimum Gasteiger partial charge on any atom is -0.377 e. The summed E-state index contributed by atoms with van der Waals surface area (Å²) in [5, 5.41) is 0. The van der Waals surface area contributed by atoms with E-state index in [1.165, 1.54) is 18.9 Å². The molecule has 0 bridgehead atoms. The fraction of sp³-hybridized carbons (Fsp3) is 0.650. The zero-order valence-corrected chi connectivity index (χ0v) is 14.9. The van der Waals surface area contributed by atoms with Crippen molar-refractivity contribution < 1.29 is 13.9 Å². The number of ether oxygens (including phenoxy) is 1. The van der Waals surface area contributed by atoms with Crippen LogP contribution in [-0.2, 0) is 9.53 Å². The second kappa shape index (κ2) is 6.60. The van der Waals surface area contributed by atoms with Gasteiger partial charge in [-0.15, -0.1) is 0 Å². The molecule has 1 atom stereocenters. The number of methoxy groups -OCH3 is 1. The number of piperidine rings is 1. The molecule has 4 nitrogen and oxygen atoms in total. The Hall–Kier alpha value is -1.62. The molecule has 136 valence electrons. The summed E-state index contributed by atoms with van der Waals surface area (Å²) < 4.78 is 19.4. The van der Waals surface area contributed by atoms with E-state index in [2.05, 4.69) is 9.80 Å². The van der Waals surface area contributed by atoms with Gasteiger partial charge >= 0.3 is 0 Å². The Labute approximate surface area is 148 Å². The molecule has 1 amide bonds. The van der Waals surface area contributed by atoms with Crippen molar-refractivity contribution in [2.45, 2.75) is 50.2 Å². The third-order valence-electron chi connectivity index (χ3n) is 6.54. The lowest BCUT2D eigenvalue weighted by Crippen LogP contribution is -2.74. The summed E-state index contributed by atoms with van der Waals surface area (Å²) in [6.45, 7) is 2.35. The number of hydrogen-bond acceptors (Lipinski definition) is 3. The number of halogens is 1. The molecule has 0 aromatic heterocycles. The van der Waals surface area contributed by atoms with Crippen molar-refractivity contribution in [1.29, 1.82) is 0 Å². The van der Waals surface area contributed by atoms with Crippen LogP contribution in [0.15, 0.2) is 24.3 Å². The van der Waals surface area contributed by atoms with E-state index >= 15 is 0 Å². The molecular weight excluding hydrogens is 319 g/mol. The smallest absolute Gasteiger partial charge is 0.225 e. The molecule has 1 aromatic rings. The molecule has 25 heavy (non-hydrogen) atoms. The van der Waals surface area contributed by atoms with Gasteiger partial charge in [-0.1, -0.05) is 18.9 Å². The molecule has 3 aliphatic rings. The van der Waals surface area contributed by atoms with E-state index in [0.29, 0.717) is 5.91 Å². The highest BCUT2D eigenvalue weighted by molar-refractivity contribution is 5.79. The number of likely N-dealkylation sites (tertiary alicyclic amines) is 1. The predicted molar refractivity (Wildman–Crippen MR) is 95.0 cm³/mol. The Kier molecular flexibility index (Phi) is 4.44. The third-order valence-corrected chi connectivity index (χ3v) is 6.54. The summed E-state index contributed by atoms with van der Waals surface area (Å²) in [4.78, 5) is 17.0. The Balaban J connectivity index is 1.47. The number of nitrogens with zero attached hydrogens (tertiary/aromatic N) is 2. The van der Waals surface area contributed by atoms with Crippen LogP contribution in [0.3, 0.4) is 0 Å². The lowest BCUT2D eigenvalue weighted by atomic mass is 9.73. The van der Waals surface area contributed by atoms with Crippen LogP contribution in [0.2, 0.25) is 0 Å². The predicted octanol–water partition coefficient (Wildman–Crippen LogP) is 3.21. The maximum Gasteiger partial charge on any atom is 0.225 e. The Morgan fingerprint density at radius 3 is 2.60 bits per heavy atom. The average Bonchev–Trinajstić information content (AvgIpc) is 3.15. The zero-order valence-electron chi connectivity index (χ0n) is 14.9. The van der Waals surface area contributed by atoms with Crippen LogP contribution in [-0.4, -0.2) is 49.2 Å². The van der Waals surface area contributed by atoms with E-state index in [-0.39, 0.29) is 23.4 Å². The minimum atomic E-state index is -0.206. The number of rotatable bonds is 3. The van der Waals surface area contributed by atoms with Crippen molar-refractivity contribution in [3.05, 3.63) is 30.1 Å². The van der Waals surface area contributed by atoms with Crippen molar-refractivity contribution in [2.75, 3.05) is 31.6 Å². The first-order valence-electron chi connectivity index (χ1n) is 9.49. The van der Waals surface area contributed by atoms with E-state index in [1.54, 1.807) is 19.2 Å². The van der Waals surface area contributed by atoms with Gasteiger partial charge in [0.1, 0.15) is 5.82 Å². The van der Waals surface area contributed by atoms with Gasteiger partial charge in [0.05, 0.1) is 11.6 Å². The van der Waals surface area contributed by atoms with Crippen LogP contribution in [0, 0.1) is 11.7 Å². The second-order valence-corrected chi connectivity index (χ2v) is 7.73. The molecule has 2 saturated heterocycles. The number of carbonyl (C=O) groups is 1. The average molecular weight is 346 g/mol. The van der Waals surface area contributed by atoms with Crippen LogP contribution in [0.1, 0.15) is 38.5 Å². The summed E-state index contributed by atoms with van der Waals surface area (Å²) >= 11 is 0. The SMILES string of the molecule is COC1CN(c2cccc(F)c2)C12CCN(C(=O)C1CCCC1)CC2. The van der Waals surface area contributed by atoms with Crippen LogP contribution >= 0.6 is 0 Å². The number of carbonyl (C=O) groups excluding carboxylic acids is 1. The standard InChI is InChI=1S/C20H27FN2O2/c1-25-18-14-23(17-8-4-7-16(21)13-17)20(18)9-11-22(12-10-20)19(24)15-5-2-3-6-15/h4,7-8,13,15,18H,2-3,5-6,9-12,14H2,1H3. The van der Waals surface area contributed by atoms with E-state index in [4.69, 9.17) is 4.74 Å². The molecular formula is C20H27FN2O2. The van der Waals surface area contributed by atoms with E-state index in [0.717, 1.165) is 51.0 Å². The quantitative estimate of drug-likeness (QED) is 0.842. The molecule has 1 saturated carbocycles. The lowest BCUT2D eigenvalue weighted by Gasteiger charge is -2.61. The Morgan fingerprint density at radius 2 is 1.96 bits per heavy atom. The number of hydrogen-bond donors (Lipinski definition) is 0. The van der Waals surface area contributed by atoms with Crippen molar-refractivity contribution in [3.63, 3.8) is 0 Å². The topological polar surface area (TPSA) is 32.8 Å². The molecule has 0 N–H and O–H groups in total. The zero-order chi connectivity index (χ0) is 17.4. The van der Waals surface area contributed by atoms with Gasteiger partial charge in [0.15, 0.2) is 0 Å². The van der Waals surface area contributed by atoms with Crippen LogP contribution < -0.4 is 4.90 Å². The molecule has 1 spiro atoms. The van der Waals surface area contributed by atoms with Crippen LogP contribution in [0.25, 0.3) is 0 Å². The van der Waals surface area contributed by atoms with Crippen LogP contribution in [0.4, 0.5) is 10.1 Å². The van der Waals surface area contributed by atoms with Crippen LogP contribution in [0.5, 0.6) is 0 Å². The fourth-order valence-electron chi connectivity index (χ4n) is 5.02. The third kappa shape index (κ3) is 2.82. The van der Waals surface area contributed by atoms with Gasteiger partial charge in [0, 0.05) is 38.3 Å². The summed E-state index contributed by atoms with van der Waals surface area (Å²) in [6.07, 6.45) is 6.41. The first-order chi connectivity index (χ1) is 12.1. The number of benzene rings is 1. The largest absolute Gasteiger partial charge is 0.377 e. The van der Waals surface area contributed by atoms with Gasteiger partial charge in [0.2, 0.25) is 5.91 Å². The number of amides is 1. The minimum absolute atomic E-state index is 0.102. The maximum atomic E-state index is 13.7. The van der Waals surface area contributed by atoms with Crippen molar-refractivity contribution in [3.8, 4) is 0 Å². The highest BCUT2D eigenvalue weighted by atomic mass is 19.1. The molecule has 0 radical (unpaired) electrons. The normalized spacial score (nSPS) is 26.1. The molecule has 1 aliphatic carbocycles. The molecule has 1 unspecified atom stereocenters. The Morgan fingerprint density at radius 1 is 1.24 bits per heavy atom. The van der Waals surface area contributed by atoms with Gasteiger partial charge in [-0.05, 0) is 43.9 Å². The summed E-state index contributed by atoms with van der Waals surface area (Å²) in [5.74, 6) is 0.383. The molecule has 4 rings (SSSR count). The monoisotopic (exact) mass is 346 g/mol. The van der Waals surface area contributed by atoms with Gasteiger partial charge in [-0.25, -0.2) is 4.39 Å². The second-order valence-electron chi connectivity index (χ2n) is 7.73. The van der Waals surface area contributed by atoms with E-state index in [1.807, 2.05) is 6.07 Å². The highest BCUT2D eigenvalue weighted by Crippen LogP contribution is 2.45. The summed E-state index contributed by atoms with van der Waals surface area (Å²) in [6, 6.07) is 6.81. The molecule has 1 aromatic carbocycles. The first kappa shape index (κ1) is 16.8. The highest BCUT2D eigenvalue weighted by Gasteiger charge is 2.55. The molecule has 2 aliphatic heterocycles. The fourth-order valence-corrected chi connectivity index (χ4v) is 5.02. The van der Waals surface area contributed by atoms with E-state index in [9.17, 15) is 9.18 Å². The number of anilines is 1. The molecule has 2 heterocycles.